The average Bonchev–Trinajstić information content (AvgIpc) is 2.73. The van der Waals surface area contributed by atoms with Crippen molar-refractivity contribution in [3.63, 3.8) is 0 Å². The fourth-order valence-electron chi connectivity index (χ4n) is 1.34. The quantitative estimate of drug-likeness (QED) is 0.703. The zero-order valence-corrected chi connectivity index (χ0v) is 9.28. The van der Waals surface area contributed by atoms with Crippen LogP contribution in [0.25, 0.3) is 0 Å². The molecule has 2 N–H and O–H groups in total. The number of aromatic nitrogens is 3. The Morgan fingerprint density at radius 1 is 1.62 bits per heavy atom. The highest BCUT2D eigenvalue weighted by molar-refractivity contribution is 7.94. The van der Waals surface area contributed by atoms with Crippen LogP contribution in [-0.2, 0) is 9.84 Å². The highest BCUT2D eigenvalue weighted by Crippen LogP contribution is 2.08. The zero-order valence-electron chi connectivity index (χ0n) is 8.47. The summed E-state index contributed by atoms with van der Waals surface area (Å²) < 4.78 is 22.2. The smallest absolute Gasteiger partial charge is 0.291 e. The van der Waals surface area contributed by atoms with Crippen molar-refractivity contribution in [1.82, 2.24) is 20.5 Å². The minimum Gasteiger partial charge on any atom is -0.342 e. The lowest BCUT2D eigenvalue weighted by molar-refractivity contribution is 0.0937. The molecule has 1 amide bonds. The molecule has 0 fully saturated rings. The van der Waals surface area contributed by atoms with E-state index in [1.165, 1.54) is 6.08 Å². The van der Waals surface area contributed by atoms with E-state index >= 15 is 0 Å². The maximum absolute atomic E-state index is 11.5. The van der Waals surface area contributed by atoms with E-state index in [1.54, 1.807) is 6.92 Å². The molecule has 2 rings (SSSR count). The molecule has 2 heterocycles. The second kappa shape index (κ2) is 3.71. The van der Waals surface area contributed by atoms with E-state index in [2.05, 4.69) is 20.5 Å². The molecule has 0 radical (unpaired) electrons. The second-order valence-corrected chi connectivity index (χ2v) is 5.41. The Balaban J connectivity index is 2.02. The topological polar surface area (TPSA) is 105 Å². The van der Waals surface area contributed by atoms with Gasteiger partial charge in [0.25, 0.3) is 5.91 Å². The van der Waals surface area contributed by atoms with Crippen molar-refractivity contribution in [2.24, 2.45) is 0 Å². The standard InChI is InChI=1S/C8H10N4O3S/c1-5-9-7(12-11-5)8(13)10-6-2-3-16(14,15)4-6/h2-3,6H,4H2,1H3,(H,10,13)(H,9,11,12). The third-order valence-corrected chi connectivity index (χ3v) is 3.44. The van der Waals surface area contributed by atoms with Crippen LogP contribution in [0.3, 0.4) is 0 Å². The van der Waals surface area contributed by atoms with Crippen molar-refractivity contribution in [3.05, 3.63) is 23.1 Å². The number of H-pyrrole nitrogens is 1. The number of aromatic amines is 1. The van der Waals surface area contributed by atoms with Gasteiger partial charge in [-0.25, -0.2) is 13.4 Å². The Hall–Kier alpha value is -1.70. The molecule has 0 aliphatic carbocycles. The maximum Gasteiger partial charge on any atom is 0.291 e. The molecule has 86 valence electrons. The van der Waals surface area contributed by atoms with Gasteiger partial charge in [0.2, 0.25) is 5.82 Å². The van der Waals surface area contributed by atoms with Gasteiger partial charge in [-0.3, -0.25) is 9.89 Å². The molecule has 0 aromatic carbocycles. The molecule has 0 spiro atoms. The van der Waals surface area contributed by atoms with Crippen molar-refractivity contribution in [2.45, 2.75) is 13.0 Å². The summed E-state index contributed by atoms with van der Waals surface area (Å²) in [4.78, 5) is 15.4. The molecule has 1 atom stereocenters. The number of carbonyl (C=O) groups excluding carboxylic acids is 1. The highest BCUT2D eigenvalue weighted by atomic mass is 32.2. The molecule has 1 aliphatic heterocycles. The third-order valence-electron chi connectivity index (χ3n) is 2.05. The Kier molecular flexibility index (Phi) is 2.50. The van der Waals surface area contributed by atoms with Crippen molar-refractivity contribution in [1.29, 1.82) is 0 Å². The molecule has 8 heteroatoms. The molecule has 1 aliphatic rings. The first-order valence-electron chi connectivity index (χ1n) is 4.57. The van der Waals surface area contributed by atoms with E-state index < -0.39 is 21.8 Å². The van der Waals surface area contributed by atoms with E-state index in [0.717, 1.165) is 5.41 Å². The third kappa shape index (κ3) is 2.27. The van der Waals surface area contributed by atoms with Crippen LogP contribution < -0.4 is 5.32 Å². The number of hydrogen-bond acceptors (Lipinski definition) is 5. The molecule has 1 unspecified atom stereocenters. The second-order valence-electron chi connectivity index (χ2n) is 3.48. The summed E-state index contributed by atoms with van der Waals surface area (Å²) >= 11 is 0. The summed E-state index contributed by atoms with van der Waals surface area (Å²) in [5.74, 6) is -0.0617. The summed E-state index contributed by atoms with van der Waals surface area (Å²) in [5, 5.41) is 9.82. The number of carbonyl (C=O) groups is 1. The van der Waals surface area contributed by atoms with E-state index in [9.17, 15) is 13.2 Å². The van der Waals surface area contributed by atoms with Crippen LogP contribution >= 0.6 is 0 Å². The van der Waals surface area contributed by atoms with Crippen molar-refractivity contribution < 1.29 is 13.2 Å². The molecule has 0 saturated heterocycles. The summed E-state index contributed by atoms with van der Waals surface area (Å²) in [6.45, 7) is 1.67. The lowest BCUT2D eigenvalue weighted by atomic mass is 10.3. The van der Waals surface area contributed by atoms with Crippen LogP contribution in [0, 0.1) is 6.92 Å². The van der Waals surface area contributed by atoms with Crippen LogP contribution in [-0.4, -0.2) is 41.3 Å². The van der Waals surface area contributed by atoms with Crippen LogP contribution in [0.5, 0.6) is 0 Å². The molecule has 0 bridgehead atoms. The van der Waals surface area contributed by atoms with Gasteiger partial charge >= 0.3 is 0 Å². The predicted molar refractivity (Wildman–Crippen MR) is 55.3 cm³/mol. The van der Waals surface area contributed by atoms with Crippen LogP contribution in [0.2, 0.25) is 0 Å². The Bertz CT molecular complexity index is 545. The molecule has 7 nitrogen and oxygen atoms in total. The summed E-state index contributed by atoms with van der Waals surface area (Å²) in [5.41, 5.74) is 0. The number of amides is 1. The minimum atomic E-state index is -3.16. The van der Waals surface area contributed by atoms with Crippen LogP contribution in [0.1, 0.15) is 16.4 Å². The first kappa shape index (κ1) is 10.8. The zero-order chi connectivity index (χ0) is 11.8. The van der Waals surface area contributed by atoms with Gasteiger partial charge in [0.1, 0.15) is 5.82 Å². The van der Waals surface area contributed by atoms with Gasteiger partial charge < -0.3 is 5.32 Å². The van der Waals surface area contributed by atoms with Gasteiger partial charge in [0, 0.05) is 5.41 Å². The van der Waals surface area contributed by atoms with Crippen molar-refractivity contribution in [3.8, 4) is 0 Å². The summed E-state index contributed by atoms with van der Waals surface area (Å²) in [6.07, 6.45) is 1.44. The summed E-state index contributed by atoms with van der Waals surface area (Å²) in [7, 11) is -3.16. The number of nitrogens with zero attached hydrogens (tertiary/aromatic N) is 2. The fourth-order valence-corrected chi connectivity index (χ4v) is 2.58. The summed E-state index contributed by atoms with van der Waals surface area (Å²) in [6, 6.07) is -0.503. The lowest BCUT2D eigenvalue weighted by Crippen LogP contribution is -2.36. The monoisotopic (exact) mass is 242 g/mol. The van der Waals surface area contributed by atoms with Gasteiger partial charge in [-0.05, 0) is 13.0 Å². The lowest BCUT2D eigenvalue weighted by Gasteiger charge is -2.06. The van der Waals surface area contributed by atoms with Gasteiger partial charge in [-0.15, -0.1) is 5.10 Å². The number of aryl methyl sites for hydroxylation is 1. The Morgan fingerprint density at radius 3 is 2.88 bits per heavy atom. The molecule has 1 aromatic rings. The van der Waals surface area contributed by atoms with E-state index in [-0.39, 0.29) is 11.6 Å². The molecular formula is C8H10N4O3S. The average molecular weight is 242 g/mol. The van der Waals surface area contributed by atoms with Gasteiger partial charge in [0.15, 0.2) is 9.84 Å². The fraction of sp³-hybridized carbons (Fsp3) is 0.375. The van der Waals surface area contributed by atoms with Gasteiger partial charge in [-0.1, -0.05) is 0 Å². The van der Waals surface area contributed by atoms with Gasteiger partial charge in [-0.2, -0.15) is 0 Å². The molecule has 16 heavy (non-hydrogen) atoms. The first-order chi connectivity index (χ1) is 7.46. The number of sulfone groups is 1. The van der Waals surface area contributed by atoms with E-state index in [0.29, 0.717) is 5.82 Å². The van der Waals surface area contributed by atoms with Gasteiger partial charge in [0.05, 0.1) is 11.8 Å². The predicted octanol–water partition coefficient (Wildman–Crippen LogP) is -0.846. The number of hydrogen-bond donors (Lipinski definition) is 2. The Labute approximate surface area is 91.9 Å². The maximum atomic E-state index is 11.5. The minimum absolute atomic E-state index is 0.00944. The number of nitrogens with one attached hydrogen (secondary N) is 2. The van der Waals surface area contributed by atoms with Crippen LogP contribution in [0.4, 0.5) is 0 Å². The largest absolute Gasteiger partial charge is 0.342 e. The number of rotatable bonds is 2. The van der Waals surface area contributed by atoms with Crippen LogP contribution in [0.15, 0.2) is 11.5 Å². The normalized spacial score (nSPS) is 22.2. The highest BCUT2D eigenvalue weighted by Gasteiger charge is 2.24. The molecular weight excluding hydrogens is 232 g/mol. The molecule has 0 saturated carbocycles. The van der Waals surface area contributed by atoms with E-state index in [1.807, 2.05) is 0 Å². The Morgan fingerprint density at radius 2 is 2.38 bits per heavy atom. The van der Waals surface area contributed by atoms with Crippen molar-refractivity contribution >= 4 is 15.7 Å². The molecule has 1 aromatic heterocycles. The van der Waals surface area contributed by atoms with E-state index in [4.69, 9.17) is 0 Å². The SMILES string of the molecule is Cc1nc(C(=O)NC2C=CS(=O)(=O)C2)n[nH]1. The first-order valence-corrected chi connectivity index (χ1v) is 6.29. The van der Waals surface area contributed by atoms with Crippen molar-refractivity contribution in [2.75, 3.05) is 5.75 Å².